The van der Waals surface area contributed by atoms with Crippen molar-refractivity contribution in [3.63, 3.8) is 0 Å². The van der Waals surface area contributed by atoms with Gasteiger partial charge in [-0.1, -0.05) is 48.5 Å². The third kappa shape index (κ3) is 8.66. The van der Waals surface area contributed by atoms with Gasteiger partial charge in [0.05, 0.1) is 22.0 Å². The topological polar surface area (TPSA) is 146 Å². The average Bonchev–Trinajstić information content (AvgIpc) is 3.02. The standard InChI is InChI=1S/C34H33N3O8/c1-22-30(33(39)44-18-8-11-25-9-5-4-6-10-25)32(26-12-7-13-28(21-26)37(41)42)31(23(2)35-22)34(40)45-20-19-43-29-16-14-27(15-17-29)36-24(3)38/h4-17,21,32,35H,18-20H2,1-3H3,(H,36,38)/b11-8+/t32-/m1/s1. The van der Waals surface area contributed by atoms with E-state index in [0.29, 0.717) is 28.4 Å². The molecule has 45 heavy (non-hydrogen) atoms. The Balaban J connectivity index is 1.51. The van der Waals surface area contributed by atoms with E-state index in [0.717, 1.165) is 5.56 Å². The van der Waals surface area contributed by atoms with Crippen LogP contribution in [0, 0.1) is 10.1 Å². The summed E-state index contributed by atoms with van der Waals surface area (Å²) in [6, 6.07) is 22.0. The lowest BCUT2D eigenvalue weighted by Crippen LogP contribution is -2.33. The first-order chi connectivity index (χ1) is 21.6. The number of dihydropyridines is 1. The summed E-state index contributed by atoms with van der Waals surface area (Å²) in [6.07, 6.45) is 3.52. The summed E-state index contributed by atoms with van der Waals surface area (Å²) in [6.45, 7) is 4.65. The summed E-state index contributed by atoms with van der Waals surface area (Å²) in [4.78, 5) is 49.3. The molecule has 11 heteroatoms. The molecule has 3 aromatic rings. The van der Waals surface area contributed by atoms with Crippen molar-refractivity contribution in [2.24, 2.45) is 0 Å². The minimum Gasteiger partial charge on any atom is -0.490 e. The number of amides is 1. The average molecular weight is 612 g/mol. The highest BCUT2D eigenvalue weighted by atomic mass is 16.6. The van der Waals surface area contributed by atoms with Crippen molar-refractivity contribution in [3.05, 3.63) is 129 Å². The molecule has 0 aliphatic carbocycles. The monoisotopic (exact) mass is 611 g/mol. The number of carbonyl (C=O) groups is 3. The van der Waals surface area contributed by atoms with Crippen LogP contribution >= 0.6 is 0 Å². The van der Waals surface area contributed by atoms with Crippen LogP contribution in [0.25, 0.3) is 6.08 Å². The fourth-order valence-corrected chi connectivity index (χ4v) is 4.85. The molecule has 0 aromatic heterocycles. The van der Waals surface area contributed by atoms with Crippen LogP contribution in [0.2, 0.25) is 0 Å². The SMILES string of the molecule is CC(=O)Nc1ccc(OCCOC(=O)C2=C(C)NC(C)=C(C(=O)OC/C=C/c3ccccc3)[C@H]2c2cccc([N+](=O)[O-])c2)cc1. The van der Waals surface area contributed by atoms with E-state index in [1.807, 2.05) is 36.4 Å². The Labute approximate surface area is 260 Å². The van der Waals surface area contributed by atoms with Crippen LogP contribution < -0.4 is 15.4 Å². The predicted molar refractivity (Wildman–Crippen MR) is 168 cm³/mol. The molecule has 1 aliphatic rings. The summed E-state index contributed by atoms with van der Waals surface area (Å²) in [7, 11) is 0. The number of nitrogens with zero attached hydrogens (tertiary/aromatic N) is 1. The van der Waals surface area contributed by atoms with Gasteiger partial charge < -0.3 is 24.8 Å². The number of rotatable bonds is 12. The number of non-ortho nitro benzene ring substituents is 1. The first-order valence-electron chi connectivity index (χ1n) is 14.1. The molecule has 11 nitrogen and oxygen atoms in total. The number of nitro groups is 1. The van der Waals surface area contributed by atoms with Gasteiger partial charge >= 0.3 is 11.9 Å². The third-order valence-corrected chi connectivity index (χ3v) is 6.79. The summed E-state index contributed by atoms with van der Waals surface area (Å²) in [5, 5.41) is 17.3. The summed E-state index contributed by atoms with van der Waals surface area (Å²) in [5.74, 6) is -2.08. The summed E-state index contributed by atoms with van der Waals surface area (Å²) >= 11 is 0. The van der Waals surface area contributed by atoms with E-state index < -0.39 is 22.8 Å². The normalized spacial score (nSPS) is 14.5. The maximum absolute atomic E-state index is 13.5. The van der Waals surface area contributed by atoms with Crippen LogP contribution in [0.15, 0.2) is 107 Å². The van der Waals surface area contributed by atoms with Gasteiger partial charge in [-0.15, -0.1) is 0 Å². The molecule has 0 spiro atoms. The first kappa shape index (κ1) is 32.2. The van der Waals surface area contributed by atoms with Crippen LogP contribution in [0.4, 0.5) is 11.4 Å². The van der Waals surface area contributed by atoms with Crippen LogP contribution in [0.5, 0.6) is 5.75 Å². The number of hydrogen-bond acceptors (Lipinski definition) is 9. The Morgan fingerprint density at radius 3 is 2.20 bits per heavy atom. The lowest BCUT2D eigenvalue weighted by molar-refractivity contribution is -0.384. The zero-order chi connectivity index (χ0) is 32.3. The lowest BCUT2D eigenvalue weighted by Gasteiger charge is -2.30. The molecule has 0 fully saturated rings. The molecule has 1 aliphatic heterocycles. The van der Waals surface area contributed by atoms with Crippen molar-refractivity contribution in [1.29, 1.82) is 0 Å². The van der Waals surface area contributed by atoms with Crippen molar-refractivity contribution < 1.29 is 33.5 Å². The Morgan fingerprint density at radius 2 is 1.56 bits per heavy atom. The van der Waals surface area contributed by atoms with E-state index in [4.69, 9.17) is 14.2 Å². The highest BCUT2D eigenvalue weighted by Gasteiger charge is 2.38. The van der Waals surface area contributed by atoms with Gasteiger partial charge in [0.25, 0.3) is 5.69 Å². The van der Waals surface area contributed by atoms with Crippen molar-refractivity contribution in [1.82, 2.24) is 5.32 Å². The maximum Gasteiger partial charge on any atom is 0.337 e. The lowest BCUT2D eigenvalue weighted by atomic mass is 9.80. The minimum absolute atomic E-state index is 0.0300. The van der Waals surface area contributed by atoms with Gasteiger partial charge in [-0.05, 0) is 55.3 Å². The number of nitrogens with one attached hydrogen (secondary N) is 2. The maximum atomic E-state index is 13.5. The number of carbonyl (C=O) groups excluding carboxylic acids is 3. The molecule has 1 amide bonds. The van der Waals surface area contributed by atoms with E-state index in [1.165, 1.54) is 25.1 Å². The second-order valence-electron chi connectivity index (χ2n) is 10.1. The smallest absolute Gasteiger partial charge is 0.337 e. The number of nitro benzene ring substituents is 1. The number of hydrogen-bond donors (Lipinski definition) is 2. The third-order valence-electron chi connectivity index (χ3n) is 6.79. The van der Waals surface area contributed by atoms with Gasteiger partial charge in [0.15, 0.2) is 0 Å². The molecule has 1 atom stereocenters. The highest BCUT2D eigenvalue weighted by Crippen LogP contribution is 2.40. The molecule has 232 valence electrons. The number of esters is 2. The fourth-order valence-electron chi connectivity index (χ4n) is 4.85. The number of benzene rings is 3. The molecule has 0 radical (unpaired) electrons. The molecule has 0 saturated heterocycles. The van der Waals surface area contributed by atoms with Gasteiger partial charge in [-0.3, -0.25) is 14.9 Å². The first-order valence-corrected chi connectivity index (χ1v) is 14.1. The fraction of sp³-hybridized carbons (Fsp3) is 0.206. The van der Waals surface area contributed by atoms with E-state index in [9.17, 15) is 24.5 Å². The second kappa shape index (κ2) is 15.1. The van der Waals surface area contributed by atoms with Crippen molar-refractivity contribution in [3.8, 4) is 5.75 Å². The van der Waals surface area contributed by atoms with Crippen LogP contribution in [0.3, 0.4) is 0 Å². The van der Waals surface area contributed by atoms with Gasteiger partial charge in [0, 0.05) is 36.1 Å². The molecule has 2 N–H and O–H groups in total. The largest absolute Gasteiger partial charge is 0.490 e. The van der Waals surface area contributed by atoms with Gasteiger partial charge in [-0.2, -0.15) is 0 Å². The second-order valence-corrected chi connectivity index (χ2v) is 10.1. The minimum atomic E-state index is -0.994. The Morgan fingerprint density at radius 1 is 0.889 bits per heavy atom. The zero-order valence-corrected chi connectivity index (χ0v) is 25.1. The molecular formula is C34H33N3O8. The van der Waals surface area contributed by atoms with Crippen LogP contribution in [-0.2, 0) is 23.9 Å². The number of anilines is 1. The van der Waals surface area contributed by atoms with Gasteiger partial charge in [-0.25, -0.2) is 9.59 Å². The molecule has 0 bridgehead atoms. The van der Waals surface area contributed by atoms with E-state index in [2.05, 4.69) is 10.6 Å². The summed E-state index contributed by atoms with van der Waals surface area (Å²) in [5.41, 5.74) is 2.86. The van der Waals surface area contributed by atoms with Crippen molar-refractivity contribution in [2.75, 3.05) is 25.1 Å². The predicted octanol–water partition coefficient (Wildman–Crippen LogP) is 5.67. The number of ether oxygens (including phenoxy) is 3. The van der Waals surface area contributed by atoms with Crippen molar-refractivity contribution >= 4 is 35.3 Å². The zero-order valence-electron chi connectivity index (χ0n) is 25.1. The molecule has 1 heterocycles. The highest BCUT2D eigenvalue weighted by molar-refractivity contribution is 6.00. The van der Waals surface area contributed by atoms with Crippen LogP contribution in [0.1, 0.15) is 37.8 Å². The van der Waals surface area contributed by atoms with E-state index in [1.54, 1.807) is 50.3 Å². The van der Waals surface area contributed by atoms with Crippen molar-refractivity contribution in [2.45, 2.75) is 26.7 Å². The summed E-state index contributed by atoms with van der Waals surface area (Å²) < 4.78 is 16.8. The Hall–Kier alpha value is -5.71. The molecule has 0 saturated carbocycles. The molecular weight excluding hydrogens is 578 g/mol. The molecule has 0 unspecified atom stereocenters. The van der Waals surface area contributed by atoms with Crippen LogP contribution in [-0.4, -0.2) is 42.6 Å². The Kier molecular flexibility index (Phi) is 10.8. The van der Waals surface area contributed by atoms with Gasteiger partial charge in [0.1, 0.15) is 25.6 Å². The Bertz CT molecular complexity index is 1660. The van der Waals surface area contributed by atoms with E-state index >= 15 is 0 Å². The molecule has 4 rings (SSSR count). The molecule has 3 aromatic carbocycles. The number of allylic oxidation sites excluding steroid dienone is 2. The quantitative estimate of drug-likeness (QED) is 0.115. The van der Waals surface area contributed by atoms with E-state index in [-0.39, 0.29) is 42.6 Å². The van der Waals surface area contributed by atoms with Gasteiger partial charge in [0.2, 0.25) is 5.91 Å².